The number of hydrogen-bond donors (Lipinski definition) is 1. The number of hydrogen-bond acceptors (Lipinski definition) is 7. The molecular formula is C25H30N2O6S. The highest BCUT2D eigenvalue weighted by atomic mass is 32.1. The van der Waals surface area contributed by atoms with Crippen LogP contribution in [0.4, 0.5) is 0 Å². The Bertz CT molecular complexity index is 1110. The molecule has 0 saturated heterocycles. The molecule has 3 aliphatic heterocycles. The molecule has 5 rings (SSSR count). The normalized spacial score (nSPS) is 19.9. The zero-order valence-electron chi connectivity index (χ0n) is 19.9. The minimum Gasteiger partial charge on any atom is -0.493 e. The number of thiocarbonyl (C=S) groups is 1. The third kappa shape index (κ3) is 3.58. The van der Waals surface area contributed by atoms with E-state index in [-0.39, 0.29) is 18.9 Å². The van der Waals surface area contributed by atoms with Crippen molar-refractivity contribution in [1.29, 1.82) is 0 Å². The second-order valence-electron chi connectivity index (χ2n) is 8.44. The van der Waals surface area contributed by atoms with E-state index >= 15 is 0 Å². The zero-order chi connectivity index (χ0) is 23.8. The molecule has 3 heterocycles. The molecule has 9 heteroatoms. The maximum absolute atomic E-state index is 6.47. The van der Waals surface area contributed by atoms with Crippen molar-refractivity contribution in [2.75, 3.05) is 41.2 Å². The van der Waals surface area contributed by atoms with Gasteiger partial charge in [-0.1, -0.05) is 13.0 Å². The Labute approximate surface area is 205 Å². The van der Waals surface area contributed by atoms with E-state index < -0.39 is 0 Å². The third-order valence-corrected chi connectivity index (χ3v) is 7.05. The summed E-state index contributed by atoms with van der Waals surface area (Å²) in [6, 6.07) is 5.84. The quantitative estimate of drug-likeness (QED) is 0.612. The Morgan fingerprint density at radius 1 is 1.15 bits per heavy atom. The molecule has 2 aromatic carbocycles. The average Bonchev–Trinajstić information content (AvgIpc) is 3.51. The molecule has 0 radical (unpaired) electrons. The molecule has 0 bridgehead atoms. The smallest absolute Gasteiger partial charge is 0.231 e. The van der Waals surface area contributed by atoms with E-state index in [1.54, 1.807) is 21.3 Å². The summed E-state index contributed by atoms with van der Waals surface area (Å²) in [6.45, 7) is 4.28. The first-order chi connectivity index (χ1) is 16.6. The van der Waals surface area contributed by atoms with Crippen LogP contribution in [0.3, 0.4) is 0 Å². The molecule has 0 spiro atoms. The molecule has 2 atom stereocenters. The second kappa shape index (κ2) is 9.38. The lowest BCUT2D eigenvalue weighted by Gasteiger charge is -2.42. The predicted octanol–water partition coefficient (Wildman–Crippen LogP) is 3.90. The summed E-state index contributed by atoms with van der Waals surface area (Å²) < 4.78 is 35.1. The van der Waals surface area contributed by atoms with Crippen molar-refractivity contribution < 1.29 is 28.4 Å². The van der Waals surface area contributed by atoms with Crippen LogP contribution in [0.2, 0.25) is 0 Å². The average molecular weight is 487 g/mol. The Hall–Kier alpha value is -2.91. The summed E-state index contributed by atoms with van der Waals surface area (Å²) >= 11 is 5.86. The highest BCUT2D eigenvalue weighted by molar-refractivity contribution is 7.80. The van der Waals surface area contributed by atoms with Crippen molar-refractivity contribution in [3.8, 4) is 28.7 Å². The molecule has 182 valence electrons. The van der Waals surface area contributed by atoms with E-state index in [4.69, 9.17) is 40.6 Å². The van der Waals surface area contributed by atoms with Gasteiger partial charge in [0.2, 0.25) is 12.5 Å². The number of methoxy groups -OCH3 is 3. The van der Waals surface area contributed by atoms with E-state index in [0.717, 1.165) is 48.2 Å². The topological polar surface area (TPSA) is 70.7 Å². The molecule has 3 aliphatic rings. The van der Waals surface area contributed by atoms with Crippen LogP contribution in [-0.4, -0.2) is 51.2 Å². The standard InChI is InChI=1S/C25H30N2O6S/c1-5-9-26-25(34)27-10-8-14-11-18-23(33-13-32-18)24(30-4)19(14)20(27)22-15-6-7-17(28-2)21(29-3)16(15)12-31-22/h6-7,11,20,22H,5,8-10,12-13H2,1-4H3,(H,26,34)/t20-,22+/m1/s1. The highest BCUT2D eigenvalue weighted by Crippen LogP contribution is 2.55. The van der Waals surface area contributed by atoms with Gasteiger partial charge < -0.3 is 38.6 Å². The molecule has 0 unspecified atom stereocenters. The van der Waals surface area contributed by atoms with Crippen LogP contribution in [0.5, 0.6) is 28.7 Å². The van der Waals surface area contributed by atoms with Crippen LogP contribution in [0, 0.1) is 0 Å². The van der Waals surface area contributed by atoms with Crippen LogP contribution >= 0.6 is 12.2 Å². The molecule has 2 aromatic rings. The van der Waals surface area contributed by atoms with Gasteiger partial charge in [0.15, 0.2) is 28.1 Å². The lowest BCUT2D eigenvalue weighted by atomic mass is 9.85. The SMILES string of the molecule is CCCNC(=S)N1CCc2cc3c(c(OC)c2[C@@H]1[C@H]1OCc2c1ccc(OC)c2OC)OCO3. The van der Waals surface area contributed by atoms with Gasteiger partial charge in [-0.15, -0.1) is 0 Å². The monoisotopic (exact) mass is 486 g/mol. The van der Waals surface area contributed by atoms with E-state index in [2.05, 4.69) is 29.3 Å². The summed E-state index contributed by atoms with van der Waals surface area (Å²) in [5.41, 5.74) is 4.22. The predicted molar refractivity (Wildman–Crippen MR) is 130 cm³/mol. The van der Waals surface area contributed by atoms with Gasteiger partial charge in [0.1, 0.15) is 6.10 Å². The fraction of sp³-hybridized carbons (Fsp3) is 0.480. The van der Waals surface area contributed by atoms with Gasteiger partial charge in [-0.3, -0.25) is 0 Å². The lowest BCUT2D eigenvalue weighted by Crippen LogP contribution is -2.47. The van der Waals surface area contributed by atoms with E-state index in [1.165, 1.54) is 0 Å². The molecule has 1 N–H and O–H groups in total. The molecule has 0 aliphatic carbocycles. The van der Waals surface area contributed by atoms with Crippen LogP contribution < -0.4 is 29.0 Å². The molecule has 0 amide bonds. The van der Waals surface area contributed by atoms with E-state index in [0.29, 0.717) is 40.5 Å². The summed E-state index contributed by atoms with van der Waals surface area (Å²) in [5, 5.41) is 4.10. The van der Waals surface area contributed by atoms with Crippen LogP contribution in [0.15, 0.2) is 18.2 Å². The Balaban J connectivity index is 1.66. The number of benzene rings is 2. The van der Waals surface area contributed by atoms with Gasteiger partial charge >= 0.3 is 0 Å². The van der Waals surface area contributed by atoms with Crippen LogP contribution in [-0.2, 0) is 17.8 Å². The second-order valence-corrected chi connectivity index (χ2v) is 8.82. The zero-order valence-corrected chi connectivity index (χ0v) is 20.8. The number of ether oxygens (including phenoxy) is 6. The molecule has 8 nitrogen and oxygen atoms in total. The van der Waals surface area contributed by atoms with Gasteiger partial charge in [0.05, 0.1) is 34.0 Å². The Morgan fingerprint density at radius 2 is 1.97 bits per heavy atom. The van der Waals surface area contributed by atoms with Gasteiger partial charge in [-0.25, -0.2) is 0 Å². The molecule has 34 heavy (non-hydrogen) atoms. The van der Waals surface area contributed by atoms with Gasteiger partial charge in [-0.2, -0.15) is 0 Å². The fourth-order valence-corrected chi connectivity index (χ4v) is 5.48. The van der Waals surface area contributed by atoms with Gasteiger partial charge in [0.25, 0.3) is 0 Å². The molecule has 0 aromatic heterocycles. The number of nitrogens with one attached hydrogen (secondary N) is 1. The number of nitrogens with zero attached hydrogens (tertiary/aromatic N) is 1. The van der Waals surface area contributed by atoms with E-state index in [9.17, 15) is 0 Å². The van der Waals surface area contributed by atoms with Crippen molar-refractivity contribution in [3.63, 3.8) is 0 Å². The van der Waals surface area contributed by atoms with Gasteiger partial charge in [0, 0.05) is 24.2 Å². The third-order valence-electron chi connectivity index (χ3n) is 6.67. The summed E-state index contributed by atoms with van der Waals surface area (Å²) in [7, 11) is 4.96. The van der Waals surface area contributed by atoms with E-state index in [1.807, 2.05) is 6.07 Å². The Morgan fingerprint density at radius 3 is 2.71 bits per heavy atom. The molecule has 0 fully saturated rings. The first-order valence-corrected chi connectivity index (χ1v) is 11.9. The lowest BCUT2D eigenvalue weighted by molar-refractivity contribution is 0.00754. The van der Waals surface area contributed by atoms with Crippen molar-refractivity contribution in [3.05, 3.63) is 40.5 Å². The van der Waals surface area contributed by atoms with Gasteiger partial charge in [-0.05, 0) is 48.3 Å². The number of fused-ring (bicyclic) bond motifs is 3. The number of rotatable bonds is 6. The first kappa shape index (κ1) is 22.9. The Kier molecular flexibility index (Phi) is 6.31. The largest absolute Gasteiger partial charge is 0.493 e. The van der Waals surface area contributed by atoms with Crippen molar-refractivity contribution in [1.82, 2.24) is 10.2 Å². The summed E-state index contributed by atoms with van der Waals surface area (Å²) in [5.74, 6) is 3.41. The minimum absolute atomic E-state index is 0.180. The molecular weight excluding hydrogens is 456 g/mol. The van der Waals surface area contributed by atoms with Crippen LogP contribution in [0.1, 0.15) is 47.7 Å². The van der Waals surface area contributed by atoms with Crippen molar-refractivity contribution in [2.45, 2.75) is 38.5 Å². The fourth-order valence-electron chi connectivity index (χ4n) is 5.17. The summed E-state index contributed by atoms with van der Waals surface area (Å²) in [4.78, 5) is 2.22. The maximum atomic E-state index is 6.47. The highest BCUT2D eigenvalue weighted by Gasteiger charge is 2.44. The van der Waals surface area contributed by atoms with Crippen LogP contribution in [0.25, 0.3) is 0 Å². The summed E-state index contributed by atoms with van der Waals surface area (Å²) in [6.07, 6.45) is 1.50. The minimum atomic E-state index is -0.287. The van der Waals surface area contributed by atoms with Crippen molar-refractivity contribution >= 4 is 17.3 Å². The molecule has 0 saturated carbocycles. The van der Waals surface area contributed by atoms with Crippen molar-refractivity contribution in [2.24, 2.45) is 0 Å². The maximum Gasteiger partial charge on any atom is 0.231 e. The first-order valence-electron chi connectivity index (χ1n) is 11.5.